The molecule has 0 aliphatic heterocycles. The molecule has 7 heteroatoms. The highest BCUT2D eigenvalue weighted by Gasteiger charge is 2.15. The van der Waals surface area contributed by atoms with E-state index in [0.29, 0.717) is 6.54 Å². The van der Waals surface area contributed by atoms with Crippen molar-refractivity contribution in [2.45, 2.75) is 17.9 Å². The van der Waals surface area contributed by atoms with Crippen LogP contribution in [0.5, 0.6) is 0 Å². The highest BCUT2D eigenvalue weighted by molar-refractivity contribution is 7.89. The second-order valence-electron chi connectivity index (χ2n) is 4.05. The summed E-state index contributed by atoms with van der Waals surface area (Å²) in [7, 11) is 0.196. The van der Waals surface area contributed by atoms with Crippen molar-refractivity contribution in [1.82, 2.24) is 14.6 Å². The number of hydrogen-bond donors (Lipinski definition) is 2. The molecule has 0 amide bonds. The molecule has 0 saturated carbocycles. The summed E-state index contributed by atoms with van der Waals surface area (Å²) < 4.78 is 26.1. The molecule has 2 N–H and O–H groups in total. The van der Waals surface area contributed by atoms with Gasteiger partial charge in [-0.05, 0) is 27.1 Å². The largest absolute Gasteiger partial charge is 0.328 e. The van der Waals surface area contributed by atoms with E-state index in [4.69, 9.17) is 0 Å². The van der Waals surface area contributed by atoms with E-state index < -0.39 is 10.0 Å². The summed E-state index contributed by atoms with van der Waals surface area (Å²) in [5, 5.41) is 0. The summed E-state index contributed by atoms with van der Waals surface area (Å²) >= 11 is 0. The smallest absolute Gasteiger partial charge is 0.247 e. The van der Waals surface area contributed by atoms with Gasteiger partial charge in [-0.15, -0.1) is 0 Å². The number of hydrogen-bond acceptors (Lipinski definition) is 4. The Labute approximate surface area is 101 Å². The topological polar surface area (TPSA) is 82.3 Å². The molecular weight excluding hydrogens is 242 g/mol. The van der Waals surface area contributed by atoms with Gasteiger partial charge in [-0.3, -0.25) is 4.79 Å². The molecule has 1 unspecified atom stereocenters. The Hall–Kier alpha value is -1.18. The molecule has 6 nitrogen and oxygen atoms in total. The van der Waals surface area contributed by atoms with Gasteiger partial charge >= 0.3 is 0 Å². The summed E-state index contributed by atoms with van der Waals surface area (Å²) in [6.07, 6.45) is 1.19. The number of sulfonamides is 1. The number of nitrogens with zero attached hydrogens (tertiary/aromatic N) is 1. The van der Waals surface area contributed by atoms with Crippen molar-refractivity contribution in [2.24, 2.45) is 0 Å². The fourth-order valence-electron chi connectivity index (χ4n) is 1.06. The van der Waals surface area contributed by atoms with Gasteiger partial charge in [0.25, 0.3) is 0 Å². The van der Waals surface area contributed by atoms with E-state index in [1.807, 2.05) is 25.9 Å². The van der Waals surface area contributed by atoms with Gasteiger partial charge in [-0.25, -0.2) is 13.1 Å². The van der Waals surface area contributed by atoms with E-state index in [9.17, 15) is 13.2 Å². The van der Waals surface area contributed by atoms with Crippen LogP contribution in [-0.2, 0) is 10.0 Å². The van der Waals surface area contributed by atoms with Gasteiger partial charge in [-0.1, -0.05) is 0 Å². The van der Waals surface area contributed by atoms with Crippen molar-refractivity contribution in [3.63, 3.8) is 0 Å². The van der Waals surface area contributed by atoms with Crippen LogP contribution in [0.25, 0.3) is 0 Å². The van der Waals surface area contributed by atoms with Crippen LogP contribution in [0.3, 0.4) is 0 Å². The van der Waals surface area contributed by atoms with Crippen LogP contribution in [0, 0.1) is 0 Å². The maximum atomic E-state index is 11.8. The van der Waals surface area contributed by atoms with Crippen LogP contribution in [0.1, 0.15) is 6.92 Å². The Morgan fingerprint density at radius 3 is 2.53 bits per heavy atom. The number of pyridine rings is 1. The molecule has 0 spiro atoms. The van der Waals surface area contributed by atoms with Crippen LogP contribution in [0.2, 0.25) is 0 Å². The minimum atomic E-state index is -3.55. The van der Waals surface area contributed by atoms with Gasteiger partial charge in [0.15, 0.2) is 0 Å². The number of aromatic nitrogens is 1. The zero-order chi connectivity index (χ0) is 13.1. The Morgan fingerprint density at radius 1 is 1.41 bits per heavy atom. The molecule has 1 aromatic rings. The number of H-pyrrole nitrogens is 1. The highest BCUT2D eigenvalue weighted by atomic mass is 32.2. The maximum Gasteiger partial charge on any atom is 0.247 e. The lowest BCUT2D eigenvalue weighted by Crippen LogP contribution is -2.38. The fraction of sp³-hybridized carbons (Fsp3) is 0.500. The highest BCUT2D eigenvalue weighted by Crippen LogP contribution is 2.04. The Kier molecular flexibility index (Phi) is 4.44. The van der Waals surface area contributed by atoms with Gasteiger partial charge < -0.3 is 9.88 Å². The molecule has 17 heavy (non-hydrogen) atoms. The number of rotatable bonds is 5. The summed E-state index contributed by atoms with van der Waals surface area (Å²) in [6, 6.07) is 2.55. The molecule has 0 saturated heterocycles. The lowest BCUT2D eigenvalue weighted by Gasteiger charge is -2.19. The fourth-order valence-corrected chi connectivity index (χ4v) is 2.15. The van der Waals surface area contributed by atoms with Crippen LogP contribution in [-0.4, -0.2) is 45.0 Å². The maximum absolute atomic E-state index is 11.8. The second kappa shape index (κ2) is 5.44. The van der Waals surface area contributed by atoms with Crippen molar-refractivity contribution in [3.8, 4) is 0 Å². The van der Waals surface area contributed by atoms with Gasteiger partial charge in [0.05, 0.1) is 4.90 Å². The monoisotopic (exact) mass is 259 g/mol. The van der Waals surface area contributed by atoms with E-state index in [0.717, 1.165) is 0 Å². The average molecular weight is 259 g/mol. The third kappa shape index (κ3) is 3.95. The van der Waals surface area contributed by atoms with Crippen LogP contribution in [0.4, 0.5) is 0 Å². The van der Waals surface area contributed by atoms with Crippen molar-refractivity contribution in [3.05, 3.63) is 28.7 Å². The molecule has 0 bridgehead atoms. The van der Waals surface area contributed by atoms with Crippen molar-refractivity contribution < 1.29 is 8.42 Å². The first kappa shape index (κ1) is 13.9. The van der Waals surface area contributed by atoms with E-state index in [1.165, 1.54) is 18.3 Å². The minimum Gasteiger partial charge on any atom is -0.328 e. The first-order valence-corrected chi connectivity index (χ1v) is 6.66. The first-order chi connectivity index (χ1) is 7.83. The molecule has 0 aliphatic carbocycles. The van der Waals surface area contributed by atoms with E-state index in [-0.39, 0.29) is 16.5 Å². The predicted octanol–water partition coefficient (Wildman–Crippen LogP) is -0.397. The molecule has 0 radical (unpaired) electrons. The molecule has 1 heterocycles. The minimum absolute atomic E-state index is 0.0584. The molecule has 0 aliphatic rings. The van der Waals surface area contributed by atoms with E-state index in [2.05, 4.69) is 9.71 Å². The molecular formula is C10H17N3O3S. The van der Waals surface area contributed by atoms with Crippen LogP contribution < -0.4 is 10.3 Å². The SMILES string of the molecule is CC(CNS(=O)(=O)c1ccc(=O)[nH]c1)N(C)C. The normalized spacial score (nSPS) is 13.9. The molecule has 0 fully saturated rings. The molecule has 1 rings (SSSR count). The van der Waals surface area contributed by atoms with Crippen molar-refractivity contribution >= 4 is 10.0 Å². The van der Waals surface area contributed by atoms with Gasteiger partial charge in [0.2, 0.25) is 15.6 Å². The van der Waals surface area contributed by atoms with Gasteiger partial charge in [-0.2, -0.15) is 0 Å². The molecule has 1 atom stereocenters. The Bertz CT molecular complexity index is 501. The van der Waals surface area contributed by atoms with E-state index in [1.54, 1.807) is 0 Å². The summed E-state index contributed by atoms with van der Waals surface area (Å²) in [5.41, 5.74) is -0.328. The quantitative estimate of drug-likeness (QED) is 0.754. The molecule has 96 valence electrons. The van der Waals surface area contributed by atoms with Crippen molar-refractivity contribution in [1.29, 1.82) is 0 Å². The van der Waals surface area contributed by atoms with Gasteiger partial charge in [0, 0.05) is 24.8 Å². The second-order valence-corrected chi connectivity index (χ2v) is 5.82. The van der Waals surface area contributed by atoms with Crippen LogP contribution in [0.15, 0.2) is 28.0 Å². The van der Waals surface area contributed by atoms with Crippen molar-refractivity contribution in [2.75, 3.05) is 20.6 Å². The summed E-state index contributed by atoms with van der Waals surface area (Å²) in [5.74, 6) is 0. The average Bonchev–Trinajstić information content (AvgIpc) is 2.26. The Balaban J connectivity index is 2.76. The number of aromatic amines is 1. The zero-order valence-corrected chi connectivity index (χ0v) is 10.9. The lowest BCUT2D eigenvalue weighted by atomic mass is 10.3. The lowest BCUT2D eigenvalue weighted by molar-refractivity contribution is 0.314. The Morgan fingerprint density at radius 2 is 2.06 bits per heavy atom. The summed E-state index contributed by atoms with van der Waals surface area (Å²) in [4.78, 5) is 15.1. The molecule has 1 aromatic heterocycles. The molecule has 0 aromatic carbocycles. The number of likely N-dealkylation sites (N-methyl/N-ethyl adjacent to an activating group) is 1. The summed E-state index contributed by atoms with van der Waals surface area (Å²) in [6.45, 7) is 2.23. The number of nitrogens with one attached hydrogen (secondary N) is 2. The first-order valence-electron chi connectivity index (χ1n) is 5.18. The third-order valence-corrected chi connectivity index (χ3v) is 3.94. The predicted molar refractivity (Wildman–Crippen MR) is 65.4 cm³/mol. The van der Waals surface area contributed by atoms with Gasteiger partial charge in [0.1, 0.15) is 0 Å². The third-order valence-electron chi connectivity index (χ3n) is 2.52. The standard InChI is InChI=1S/C10H17N3O3S/c1-8(13(2)3)6-12-17(15,16)9-4-5-10(14)11-7-9/h4-5,7-8,12H,6H2,1-3H3,(H,11,14). The van der Waals surface area contributed by atoms with Crippen LogP contribution >= 0.6 is 0 Å². The zero-order valence-electron chi connectivity index (χ0n) is 10.1. The van der Waals surface area contributed by atoms with E-state index >= 15 is 0 Å².